The van der Waals surface area contributed by atoms with E-state index in [0.717, 1.165) is 41.4 Å². The molecule has 4 aliphatic carbocycles. The van der Waals surface area contributed by atoms with Gasteiger partial charge in [-0.1, -0.05) is 68.7 Å². The number of hydrogen-bond donors (Lipinski definition) is 0. The van der Waals surface area contributed by atoms with Crippen molar-refractivity contribution in [3.8, 4) is 0 Å². The first-order chi connectivity index (χ1) is 14.3. The molecule has 0 saturated heterocycles. The van der Waals surface area contributed by atoms with Gasteiger partial charge in [0, 0.05) is 0 Å². The minimum Gasteiger partial charge on any atom is -0.0622 e. The van der Waals surface area contributed by atoms with E-state index >= 15 is 0 Å². The molecule has 0 spiro atoms. The Morgan fingerprint density at radius 3 is 2.10 bits per heavy atom. The fourth-order valence-corrected chi connectivity index (χ4v) is 9.76. The predicted octanol–water partition coefficient (Wildman–Crippen LogP) is 9.77. The van der Waals surface area contributed by atoms with E-state index in [2.05, 4.69) is 62.3 Å². The molecule has 0 aromatic heterocycles. The van der Waals surface area contributed by atoms with Crippen LogP contribution in [0.3, 0.4) is 0 Å². The average Bonchev–Trinajstić information content (AvgIpc) is 3.02. The van der Waals surface area contributed by atoms with Crippen molar-refractivity contribution in [3.63, 3.8) is 0 Å². The van der Waals surface area contributed by atoms with Crippen molar-refractivity contribution in [2.45, 2.75) is 133 Å². The van der Waals surface area contributed by atoms with E-state index in [4.69, 9.17) is 0 Å². The summed E-state index contributed by atoms with van der Waals surface area (Å²) in [5, 5.41) is 0. The van der Waals surface area contributed by atoms with Crippen LogP contribution in [0.25, 0.3) is 0 Å². The van der Waals surface area contributed by atoms with Crippen molar-refractivity contribution in [2.75, 3.05) is 0 Å². The van der Waals surface area contributed by atoms with E-state index in [9.17, 15) is 0 Å². The lowest BCUT2D eigenvalue weighted by Crippen LogP contribution is -2.54. The van der Waals surface area contributed by atoms with Gasteiger partial charge in [-0.15, -0.1) is 0 Å². The molecule has 0 N–H and O–H groups in total. The SMILES string of the molecule is CC(CCC(C)C(C)(C)C)[C@H]1CC[C@H]2[C@@H]3CC[C@H]4CC(C)(C)CC[C@]4(C)[C@H]3CC[C@]12C. The Bertz CT molecular complexity index is 637. The highest BCUT2D eigenvalue weighted by atomic mass is 14.7. The second-order valence-corrected chi connectivity index (χ2v) is 15.6. The molecule has 4 saturated carbocycles. The molecule has 0 bridgehead atoms. The van der Waals surface area contributed by atoms with Gasteiger partial charge in [-0.25, -0.2) is 0 Å². The molecule has 9 atom stereocenters. The smallest absolute Gasteiger partial charge is 0.0264 e. The highest BCUT2D eigenvalue weighted by Gasteiger charge is 2.61. The zero-order valence-electron chi connectivity index (χ0n) is 22.8. The second kappa shape index (κ2) is 8.05. The monoisotopic (exact) mass is 428 g/mol. The largest absolute Gasteiger partial charge is 0.0622 e. The molecule has 180 valence electrons. The quantitative estimate of drug-likeness (QED) is 0.418. The maximum absolute atomic E-state index is 2.76. The van der Waals surface area contributed by atoms with Crippen LogP contribution in [0, 0.1) is 63.1 Å². The van der Waals surface area contributed by atoms with Gasteiger partial charge in [-0.2, -0.15) is 0 Å². The molecule has 4 aliphatic rings. The summed E-state index contributed by atoms with van der Waals surface area (Å²) in [7, 11) is 0. The molecule has 0 amide bonds. The Morgan fingerprint density at radius 2 is 1.42 bits per heavy atom. The van der Waals surface area contributed by atoms with Crippen LogP contribution < -0.4 is 0 Å². The normalized spacial score (nSPS) is 46.5. The van der Waals surface area contributed by atoms with Crippen molar-refractivity contribution in [2.24, 2.45) is 63.1 Å². The van der Waals surface area contributed by atoms with E-state index in [0.29, 0.717) is 21.7 Å². The minimum absolute atomic E-state index is 0.461. The van der Waals surface area contributed by atoms with E-state index in [1.807, 2.05) is 0 Å². The number of rotatable bonds is 4. The molecule has 0 aromatic carbocycles. The maximum atomic E-state index is 2.76. The third-order valence-corrected chi connectivity index (χ3v) is 12.5. The van der Waals surface area contributed by atoms with Gasteiger partial charge >= 0.3 is 0 Å². The van der Waals surface area contributed by atoms with Gasteiger partial charge in [-0.05, 0) is 127 Å². The molecule has 4 fully saturated rings. The number of fused-ring (bicyclic) bond motifs is 5. The molecule has 0 aromatic rings. The van der Waals surface area contributed by atoms with E-state index < -0.39 is 0 Å². The Hall–Kier alpha value is 0. The first-order valence-electron chi connectivity index (χ1n) is 14.3. The molecular weight excluding hydrogens is 372 g/mol. The predicted molar refractivity (Wildman–Crippen MR) is 136 cm³/mol. The molecule has 0 aliphatic heterocycles. The van der Waals surface area contributed by atoms with Gasteiger partial charge < -0.3 is 0 Å². The van der Waals surface area contributed by atoms with Gasteiger partial charge in [0.15, 0.2) is 0 Å². The molecule has 0 nitrogen and oxygen atoms in total. The van der Waals surface area contributed by atoms with Gasteiger partial charge in [0.05, 0.1) is 0 Å². The zero-order chi connectivity index (χ0) is 22.8. The summed E-state index contributed by atoms with van der Waals surface area (Å²) in [6.45, 7) is 23.0. The van der Waals surface area contributed by atoms with Gasteiger partial charge in [0.2, 0.25) is 0 Å². The lowest BCUT2D eigenvalue weighted by Gasteiger charge is -2.62. The van der Waals surface area contributed by atoms with E-state index in [-0.39, 0.29) is 0 Å². The van der Waals surface area contributed by atoms with Crippen LogP contribution in [0.15, 0.2) is 0 Å². The van der Waals surface area contributed by atoms with Crippen LogP contribution in [0.5, 0.6) is 0 Å². The average molecular weight is 429 g/mol. The minimum atomic E-state index is 0.461. The summed E-state index contributed by atoms with van der Waals surface area (Å²) in [5.41, 5.74) is 2.36. The second-order valence-electron chi connectivity index (χ2n) is 15.6. The lowest BCUT2D eigenvalue weighted by atomic mass is 9.43. The molecule has 2 unspecified atom stereocenters. The highest BCUT2D eigenvalue weighted by Crippen LogP contribution is 2.69. The lowest BCUT2D eigenvalue weighted by molar-refractivity contribution is -0.129. The molecule has 0 heteroatoms. The summed E-state index contributed by atoms with van der Waals surface area (Å²) < 4.78 is 0. The third kappa shape index (κ3) is 4.18. The van der Waals surface area contributed by atoms with Crippen molar-refractivity contribution < 1.29 is 0 Å². The van der Waals surface area contributed by atoms with Crippen LogP contribution in [-0.2, 0) is 0 Å². The first kappa shape index (κ1) is 24.1. The van der Waals surface area contributed by atoms with Crippen LogP contribution in [-0.4, -0.2) is 0 Å². The summed E-state index contributed by atoms with van der Waals surface area (Å²) in [6, 6.07) is 0. The molecule has 0 radical (unpaired) electrons. The highest BCUT2D eigenvalue weighted by molar-refractivity contribution is 5.10. The fraction of sp³-hybridized carbons (Fsp3) is 1.00. The Balaban J connectivity index is 1.45. The molecule has 4 rings (SSSR count). The standard InChI is InChI=1S/C31H56/c1-21(10-11-22(2)28(3,4)5)25-14-15-26-24-13-12-23-20-29(6,7)18-19-30(23,8)27(24)16-17-31(25,26)9/h21-27H,10-20H2,1-9H3/t21?,22?,23-,24-,25+,26-,27-,30-,31+/m0/s1. The van der Waals surface area contributed by atoms with Crippen molar-refractivity contribution >= 4 is 0 Å². The van der Waals surface area contributed by atoms with Crippen molar-refractivity contribution in [1.29, 1.82) is 0 Å². The first-order valence-corrected chi connectivity index (χ1v) is 14.3. The Labute approximate surface area is 196 Å². The van der Waals surface area contributed by atoms with Crippen LogP contribution in [0.4, 0.5) is 0 Å². The van der Waals surface area contributed by atoms with Gasteiger partial charge in [0.25, 0.3) is 0 Å². The van der Waals surface area contributed by atoms with E-state index in [1.54, 1.807) is 19.3 Å². The van der Waals surface area contributed by atoms with Gasteiger partial charge in [-0.3, -0.25) is 0 Å². The van der Waals surface area contributed by atoms with Crippen LogP contribution in [0.2, 0.25) is 0 Å². The summed E-state index contributed by atoms with van der Waals surface area (Å²) in [5.74, 6) is 6.87. The maximum Gasteiger partial charge on any atom is -0.0264 e. The fourth-order valence-electron chi connectivity index (χ4n) is 9.76. The zero-order valence-corrected chi connectivity index (χ0v) is 22.8. The summed E-state index contributed by atoms with van der Waals surface area (Å²) in [4.78, 5) is 0. The molecule has 31 heavy (non-hydrogen) atoms. The number of hydrogen-bond acceptors (Lipinski definition) is 0. The van der Waals surface area contributed by atoms with E-state index in [1.165, 1.54) is 51.4 Å². The van der Waals surface area contributed by atoms with Crippen molar-refractivity contribution in [1.82, 2.24) is 0 Å². The molecule has 0 heterocycles. The van der Waals surface area contributed by atoms with Gasteiger partial charge in [0.1, 0.15) is 0 Å². The Morgan fingerprint density at radius 1 is 0.742 bits per heavy atom. The topological polar surface area (TPSA) is 0 Å². The Kier molecular flexibility index (Phi) is 6.26. The van der Waals surface area contributed by atoms with Crippen LogP contribution >= 0.6 is 0 Å². The van der Waals surface area contributed by atoms with Crippen LogP contribution in [0.1, 0.15) is 133 Å². The van der Waals surface area contributed by atoms with Crippen molar-refractivity contribution in [3.05, 3.63) is 0 Å². The molecular formula is C31H56. The third-order valence-electron chi connectivity index (χ3n) is 12.5. The summed E-state index contributed by atoms with van der Waals surface area (Å²) in [6.07, 6.45) is 16.6. The summed E-state index contributed by atoms with van der Waals surface area (Å²) >= 11 is 0.